The fraction of sp³-hybridized carbons (Fsp3) is 0.333. The number of nitrogens with two attached hydrogens (primary N) is 1. The van der Waals surface area contributed by atoms with E-state index in [1.807, 2.05) is 20.8 Å². The van der Waals surface area contributed by atoms with Crippen molar-refractivity contribution in [2.75, 3.05) is 5.73 Å². The van der Waals surface area contributed by atoms with Crippen molar-refractivity contribution >= 4 is 12.3 Å². The van der Waals surface area contributed by atoms with Crippen LogP contribution in [0.15, 0.2) is 30.3 Å². The SMILES string of the molecule is CC(C)(C)OC=O.Nc1cc(-c2ccc(C(F)(F)F)cc2)[nH]n1. The topological polar surface area (TPSA) is 81.0 Å². The molecule has 23 heavy (non-hydrogen) atoms. The van der Waals surface area contributed by atoms with Crippen LogP contribution in [-0.4, -0.2) is 22.3 Å². The number of nitrogens with zero attached hydrogens (tertiary/aromatic N) is 1. The molecule has 0 aliphatic rings. The Morgan fingerprint density at radius 2 is 1.74 bits per heavy atom. The molecule has 1 aromatic carbocycles. The number of ether oxygens (including phenoxy) is 1. The van der Waals surface area contributed by atoms with Gasteiger partial charge in [-0.25, -0.2) is 0 Å². The third kappa shape index (κ3) is 6.41. The van der Waals surface area contributed by atoms with Crippen LogP contribution in [0.4, 0.5) is 19.0 Å². The number of nitrogens with one attached hydrogen (secondary N) is 1. The summed E-state index contributed by atoms with van der Waals surface area (Å²) in [7, 11) is 0. The number of H-pyrrole nitrogens is 1. The quantitative estimate of drug-likeness (QED) is 0.824. The summed E-state index contributed by atoms with van der Waals surface area (Å²) in [5.74, 6) is 0.301. The Bertz CT molecular complexity index is 629. The molecule has 0 radical (unpaired) electrons. The molecule has 3 N–H and O–H groups in total. The predicted octanol–water partition coefficient (Wildman–Crippen LogP) is 3.64. The third-order valence-corrected chi connectivity index (χ3v) is 2.52. The van der Waals surface area contributed by atoms with Crippen molar-refractivity contribution in [3.8, 4) is 11.3 Å². The van der Waals surface area contributed by atoms with E-state index in [4.69, 9.17) is 5.73 Å². The van der Waals surface area contributed by atoms with Gasteiger partial charge in [0.05, 0.1) is 11.3 Å². The van der Waals surface area contributed by atoms with E-state index >= 15 is 0 Å². The van der Waals surface area contributed by atoms with Crippen molar-refractivity contribution < 1.29 is 22.7 Å². The molecule has 0 bridgehead atoms. The molecule has 0 fully saturated rings. The van der Waals surface area contributed by atoms with E-state index in [1.54, 1.807) is 6.07 Å². The number of hydrogen-bond acceptors (Lipinski definition) is 4. The van der Waals surface area contributed by atoms with E-state index in [9.17, 15) is 18.0 Å². The molecule has 0 spiro atoms. The minimum absolute atomic E-state index is 0.301. The highest BCUT2D eigenvalue weighted by Crippen LogP contribution is 2.30. The molecule has 0 unspecified atom stereocenters. The second kappa shape index (κ2) is 7.17. The number of halogens is 3. The van der Waals surface area contributed by atoms with Crippen LogP contribution >= 0.6 is 0 Å². The molecular weight excluding hydrogens is 311 g/mol. The van der Waals surface area contributed by atoms with Gasteiger partial charge in [0.15, 0.2) is 0 Å². The molecule has 0 amide bonds. The smallest absolute Gasteiger partial charge is 0.416 e. The van der Waals surface area contributed by atoms with Crippen molar-refractivity contribution in [1.29, 1.82) is 0 Å². The zero-order valence-corrected chi connectivity index (χ0v) is 12.9. The first-order valence-corrected chi connectivity index (χ1v) is 6.63. The maximum absolute atomic E-state index is 12.3. The van der Waals surface area contributed by atoms with Gasteiger partial charge in [-0.15, -0.1) is 0 Å². The standard InChI is InChI=1S/C10H8F3N3.C5H10O2/c11-10(12,13)7-3-1-6(2-4-7)8-5-9(14)16-15-8;1-5(2,3)7-4-6/h1-5H,(H3,14,15,16);4H,1-3H3. The first kappa shape index (κ1) is 18.5. The van der Waals surface area contributed by atoms with E-state index in [1.165, 1.54) is 12.1 Å². The lowest BCUT2D eigenvalue weighted by Gasteiger charge is -2.14. The minimum Gasteiger partial charge on any atom is -0.462 e. The lowest BCUT2D eigenvalue weighted by molar-refractivity contribution is -0.139. The molecule has 2 rings (SSSR count). The van der Waals surface area contributed by atoms with Crippen LogP contribution in [-0.2, 0) is 15.7 Å². The Labute approximate surface area is 131 Å². The predicted molar refractivity (Wildman–Crippen MR) is 80.3 cm³/mol. The Balaban J connectivity index is 0.000000322. The van der Waals surface area contributed by atoms with E-state index < -0.39 is 11.7 Å². The Hall–Kier alpha value is -2.51. The summed E-state index contributed by atoms with van der Waals surface area (Å²) in [5, 5.41) is 6.32. The Morgan fingerprint density at radius 3 is 2.04 bits per heavy atom. The summed E-state index contributed by atoms with van der Waals surface area (Å²) < 4.78 is 41.4. The van der Waals surface area contributed by atoms with Gasteiger partial charge in [-0.05, 0) is 38.5 Å². The van der Waals surface area contributed by atoms with E-state index in [-0.39, 0.29) is 5.60 Å². The van der Waals surface area contributed by atoms with Gasteiger partial charge in [0, 0.05) is 6.07 Å². The zero-order valence-electron chi connectivity index (χ0n) is 12.9. The highest BCUT2D eigenvalue weighted by Gasteiger charge is 2.29. The highest BCUT2D eigenvalue weighted by molar-refractivity contribution is 5.62. The van der Waals surface area contributed by atoms with E-state index in [2.05, 4.69) is 14.9 Å². The summed E-state index contributed by atoms with van der Waals surface area (Å²) in [6.07, 6.45) is -4.31. The van der Waals surface area contributed by atoms with Crippen LogP contribution in [0.3, 0.4) is 0 Å². The molecule has 5 nitrogen and oxygen atoms in total. The molecule has 0 aliphatic heterocycles. The van der Waals surface area contributed by atoms with Gasteiger partial charge in [-0.3, -0.25) is 9.89 Å². The fourth-order valence-corrected chi connectivity index (χ4v) is 1.47. The monoisotopic (exact) mass is 329 g/mol. The van der Waals surface area contributed by atoms with Crippen LogP contribution in [0.2, 0.25) is 0 Å². The van der Waals surface area contributed by atoms with Gasteiger partial charge in [0.25, 0.3) is 6.47 Å². The number of anilines is 1. The lowest BCUT2D eigenvalue weighted by Crippen LogP contribution is -2.17. The Morgan fingerprint density at radius 1 is 1.17 bits per heavy atom. The number of aromatic nitrogens is 2. The van der Waals surface area contributed by atoms with Crippen molar-refractivity contribution in [2.24, 2.45) is 0 Å². The molecule has 0 saturated carbocycles. The highest BCUT2D eigenvalue weighted by atomic mass is 19.4. The van der Waals surface area contributed by atoms with Gasteiger partial charge < -0.3 is 10.5 Å². The number of benzene rings is 1. The fourth-order valence-electron chi connectivity index (χ4n) is 1.47. The van der Waals surface area contributed by atoms with Crippen molar-refractivity contribution in [3.05, 3.63) is 35.9 Å². The van der Waals surface area contributed by atoms with Crippen LogP contribution in [0.1, 0.15) is 26.3 Å². The van der Waals surface area contributed by atoms with Gasteiger partial charge in [-0.2, -0.15) is 18.3 Å². The van der Waals surface area contributed by atoms with Crippen molar-refractivity contribution in [1.82, 2.24) is 10.2 Å². The number of carbonyl (C=O) groups is 1. The molecule has 2 aromatic rings. The largest absolute Gasteiger partial charge is 0.462 e. The maximum Gasteiger partial charge on any atom is 0.416 e. The van der Waals surface area contributed by atoms with Gasteiger partial charge in [0.2, 0.25) is 0 Å². The first-order valence-electron chi connectivity index (χ1n) is 6.63. The summed E-state index contributed by atoms with van der Waals surface area (Å²) in [6, 6.07) is 6.34. The average Bonchev–Trinajstić information content (AvgIpc) is 2.84. The van der Waals surface area contributed by atoms with Gasteiger partial charge >= 0.3 is 6.18 Å². The molecule has 1 aromatic heterocycles. The summed E-state index contributed by atoms with van der Waals surface area (Å²) in [6.45, 7) is 5.92. The van der Waals surface area contributed by atoms with Gasteiger partial charge in [0.1, 0.15) is 11.4 Å². The summed E-state index contributed by atoms with van der Waals surface area (Å²) in [4.78, 5) is 9.60. The maximum atomic E-state index is 12.3. The second-order valence-corrected chi connectivity index (χ2v) is 5.61. The number of aromatic amines is 1. The Kier molecular flexibility index (Phi) is 5.78. The summed E-state index contributed by atoms with van der Waals surface area (Å²) >= 11 is 0. The van der Waals surface area contributed by atoms with Crippen molar-refractivity contribution in [3.63, 3.8) is 0 Å². The zero-order chi connectivity index (χ0) is 17.7. The van der Waals surface area contributed by atoms with Crippen LogP contribution in [0, 0.1) is 0 Å². The average molecular weight is 329 g/mol. The van der Waals surface area contributed by atoms with Crippen LogP contribution in [0.25, 0.3) is 11.3 Å². The first-order chi connectivity index (χ1) is 10.5. The lowest BCUT2D eigenvalue weighted by atomic mass is 10.1. The van der Waals surface area contributed by atoms with E-state index in [0.717, 1.165) is 12.1 Å². The second-order valence-electron chi connectivity index (χ2n) is 5.61. The van der Waals surface area contributed by atoms with Crippen LogP contribution < -0.4 is 5.73 Å². The molecule has 0 aliphatic carbocycles. The number of rotatable bonds is 2. The minimum atomic E-state index is -4.31. The molecule has 0 saturated heterocycles. The van der Waals surface area contributed by atoms with E-state index in [0.29, 0.717) is 23.5 Å². The molecule has 1 heterocycles. The number of nitrogen functional groups attached to an aromatic ring is 1. The van der Waals surface area contributed by atoms with Crippen molar-refractivity contribution in [2.45, 2.75) is 32.5 Å². The number of alkyl halides is 3. The normalized spacial score (nSPS) is 11.4. The molecule has 8 heteroatoms. The summed E-state index contributed by atoms with van der Waals surface area (Å²) in [5.41, 5.74) is 5.60. The number of carbonyl (C=O) groups excluding carboxylic acids is 1. The molecular formula is C15H18F3N3O2. The molecule has 126 valence electrons. The van der Waals surface area contributed by atoms with Crippen LogP contribution in [0.5, 0.6) is 0 Å². The third-order valence-electron chi connectivity index (χ3n) is 2.52. The van der Waals surface area contributed by atoms with Gasteiger partial charge in [-0.1, -0.05) is 12.1 Å². The molecule has 0 atom stereocenters. The number of hydrogen-bond donors (Lipinski definition) is 2.